The second-order valence-corrected chi connectivity index (χ2v) is 6.72. The minimum Gasteiger partial charge on any atom is -0.483 e. The maximum Gasteiger partial charge on any atom is 0.446 e. The van der Waals surface area contributed by atoms with Crippen molar-refractivity contribution in [1.29, 1.82) is 0 Å². The zero-order chi connectivity index (χ0) is 20.0. The molecule has 2 aromatic carbocycles. The van der Waals surface area contributed by atoms with Crippen LogP contribution in [0.4, 0.5) is 13.2 Å². The number of halogens is 3. The number of nitrogens with one attached hydrogen (secondary N) is 2. The van der Waals surface area contributed by atoms with Gasteiger partial charge >= 0.3 is 5.51 Å². The van der Waals surface area contributed by atoms with Crippen LogP contribution in [0, 0.1) is 13.8 Å². The molecular weight excluding hydrogens is 381 g/mol. The van der Waals surface area contributed by atoms with Crippen LogP contribution in [0.5, 0.6) is 5.75 Å². The molecule has 9 heteroatoms. The number of carbonyl (C=O) groups excluding carboxylic acids is 2. The Morgan fingerprint density at radius 2 is 1.59 bits per heavy atom. The number of carbonyl (C=O) groups is 2. The van der Waals surface area contributed by atoms with Crippen molar-refractivity contribution in [2.45, 2.75) is 24.3 Å². The van der Waals surface area contributed by atoms with Crippen molar-refractivity contribution in [2.75, 3.05) is 6.61 Å². The third kappa shape index (κ3) is 6.52. The molecule has 0 heterocycles. The summed E-state index contributed by atoms with van der Waals surface area (Å²) in [6.45, 7) is 3.40. The van der Waals surface area contributed by atoms with Crippen LogP contribution in [0.25, 0.3) is 0 Å². The third-order valence-electron chi connectivity index (χ3n) is 3.42. The predicted octanol–water partition coefficient (Wildman–Crippen LogP) is 3.76. The molecule has 0 aliphatic heterocycles. The van der Waals surface area contributed by atoms with Crippen LogP contribution < -0.4 is 15.6 Å². The maximum absolute atomic E-state index is 12.3. The lowest BCUT2D eigenvalue weighted by atomic mass is 10.1. The van der Waals surface area contributed by atoms with Gasteiger partial charge in [-0.3, -0.25) is 20.4 Å². The van der Waals surface area contributed by atoms with Gasteiger partial charge in [0.1, 0.15) is 5.75 Å². The summed E-state index contributed by atoms with van der Waals surface area (Å²) < 4.78 is 42.3. The first-order valence-electron chi connectivity index (χ1n) is 7.80. The summed E-state index contributed by atoms with van der Waals surface area (Å²) in [6, 6.07) is 10.4. The highest BCUT2D eigenvalue weighted by Gasteiger charge is 2.29. The number of hydrogen-bond donors (Lipinski definition) is 2. The van der Waals surface area contributed by atoms with Gasteiger partial charge in [-0.15, -0.1) is 0 Å². The molecule has 5 nitrogen and oxygen atoms in total. The lowest BCUT2D eigenvalue weighted by Gasteiger charge is -2.12. The first-order chi connectivity index (χ1) is 12.7. The Morgan fingerprint density at radius 1 is 1.00 bits per heavy atom. The highest BCUT2D eigenvalue weighted by Crippen LogP contribution is 2.36. The van der Waals surface area contributed by atoms with Gasteiger partial charge in [0.05, 0.1) is 0 Å². The Kier molecular flexibility index (Phi) is 6.73. The number of hydrazine groups is 1. The fourth-order valence-electron chi connectivity index (χ4n) is 2.21. The summed E-state index contributed by atoms with van der Waals surface area (Å²) in [5.41, 5.74) is 1.85. The number of amides is 2. The minimum atomic E-state index is -4.40. The van der Waals surface area contributed by atoms with E-state index >= 15 is 0 Å². The van der Waals surface area contributed by atoms with Gasteiger partial charge in [-0.05, 0) is 61.0 Å². The first kappa shape index (κ1) is 20.6. The van der Waals surface area contributed by atoms with Gasteiger partial charge in [-0.1, -0.05) is 18.2 Å². The molecule has 0 aliphatic rings. The van der Waals surface area contributed by atoms with Crippen LogP contribution in [-0.4, -0.2) is 23.9 Å². The fourth-order valence-corrected chi connectivity index (χ4v) is 2.75. The molecule has 144 valence electrons. The highest BCUT2D eigenvalue weighted by molar-refractivity contribution is 8.00. The average molecular weight is 398 g/mol. The average Bonchev–Trinajstić information content (AvgIpc) is 2.58. The number of benzene rings is 2. The molecule has 0 saturated heterocycles. The molecule has 0 bridgehead atoms. The molecule has 0 aromatic heterocycles. The highest BCUT2D eigenvalue weighted by atomic mass is 32.2. The van der Waals surface area contributed by atoms with Gasteiger partial charge in [-0.2, -0.15) is 13.2 Å². The first-order valence-corrected chi connectivity index (χ1v) is 8.61. The van der Waals surface area contributed by atoms with Crippen molar-refractivity contribution in [3.63, 3.8) is 0 Å². The summed E-state index contributed by atoms with van der Waals surface area (Å²) in [6.07, 6.45) is 0. The lowest BCUT2D eigenvalue weighted by Crippen LogP contribution is -2.43. The predicted molar refractivity (Wildman–Crippen MR) is 95.4 cm³/mol. The molecule has 0 radical (unpaired) electrons. The Morgan fingerprint density at radius 3 is 2.15 bits per heavy atom. The molecule has 0 atom stereocenters. The van der Waals surface area contributed by atoms with E-state index in [2.05, 4.69) is 10.9 Å². The van der Waals surface area contributed by atoms with Crippen LogP contribution in [0.15, 0.2) is 47.4 Å². The summed E-state index contributed by atoms with van der Waals surface area (Å²) in [5, 5.41) is 0. The Balaban J connectivity index is 1.83. The second kappa shape index (κ2) is 8.81. The zero-order valence-electron chi connectivity index (χ0n) is 14.5. The van der Waals surface area contributed by atoms with Crippen molar-refractivity contribution >= 4 is 23.6 Å². The van der Waals surface area contributed by atoms with E-state index < -0.39 is 17.3 Å². The molecule has 0 spiro atoms. The number of aryl methyl sites for hydroxylation is 2. The number of rotatable bonds is 5. The third-order valence-corrected chi connectivity index (χ3v) is 4.16. The Bertz CT molecular complexity index is 803. The summed E-state index contributed by atoms with van der Waals surface area (Å²) in [4.78, 5) is 23.7. The van der Waals surface area contributed by atoms with E-state index in [9.17, 15) is 22.8 Å². The van der Waals surface area contributed by atoms with Gasteiger partial charge in [0.25, 0.3) is 11.8 Å². The Labute approximate surface area is 158 Å². The van der Waals surface area contributed by atoms with E-state index in [1.807, 2.05) is 32.0 Å². The summed E-state index contributed by atoms with van der Waals surface area (Å²) >= 11 is -0.272. The quantitative estimate of drug-likeness (QED) is 0.595. The topological polar surface area (TPSA) is 67.4 Å². The molecule has 2 N–H and O–H groups in total. The van der Waals surface area contributed by atoms with E-state index in [4.69, 9.17) is 4.74 Å². The van der Waals surface area contributed by atoms with E-state index in [-0.39, 0.29) is 28.8 Å². The number of hydrogen-bond acceptors (Lipinski definition) is 4. The largest absolute Gasteiger partial charge is 0.483 e. The molecular formula is C18H17F3N2O3S. The summed E-state index contributed by atoms with van der Waals surface area (Å²) in [7, 11) is 0. The van der Waals surface area contributed by atoms with Gasteiger partial charge in [0.2, 0.25) is 0 Å². The van der Waals surface area contributed by atoms with Crippen LogP contribution in [0.1, 0.15) is 21.5 Å². The van der Waals surface area contributed by atoms with Gasteiger partial charge in [-0.25, -0.2) is 0 Å². The number of ether oxygens (including phenoxy) is 1. The van der Waals surface area contributed by atoms with E-state index in [1.54, 1.807) is 0 Å². The molecule has 2 rings (SSSR count). The second-order valence-electron chi connectivity index (χ2n) is 5.58. The standard InChI is InChI=1S/C18H17F3N2O3S/c1-11-4-3-5-12(2)16(11)26-10-15(24)22-23-17(25)13-6-8-14(9-7-13)27-18(19,20)21/h3-9H,10H2,1-2H3,(H,22,24)(H,23,25). The zero-order valence-corrected chi connectivity index (χ0v) is 15.3. The van der Waals surface area contributed by atoms with Crippen LogP contribution in [0.2, 0.25) is 0 Å². The van der Waals surface area contributed by atoms with Crippen molar-refractivity contribution in [1.82, 2.24) is 10.9 Å². The number of alkyl halides is 3. The number of thioether (sulfide) groups is 1. The minimum absolute atomic E-state index is 0.0370. The van der Waals surface area contributed by atoms with Gasteiger partial charge < -0.3 is 4.74 Å². The normalized spacial score (nSPS) is 11.0. The monoisotopic (exact) mass is 398 g/mol. The maximum atomic E-state index is 12.3. The lowest BCUT2D eigenvalue weighted by molar-refractivity contribution is -0.123. The molecule has 0 aliphatic carbocycles. The van der Waals surface area contributed by atoms with Crippen molar-refractivity contribution in [3.8, 4) is 5.75 Å². The Hall–Kier alpha value is -2.68. The van der Waals surface area contributed by atoms with Crippen LogP contribution in [-0.2, 0) is 4.79 Å². The molecule has 2 aromatic rings. The summed E-state index contributed by atoms with van der Waals surface area (Å²) in [5.74, 6) is -0.633. The van der Waals surface area contributed by atoms with Crippen molar-refractivity contribution < 1.29 is 27.5 Å². The molecule has 0 saturated carbocycles. The SMILES string of the molecule is Cc1cccc(C)c1OCC(=O)NNC(=O)c1ccc(SC(F)(F)F)cc1. The smallest absolute Gasteiger partial charge is 0.446 e. The van der Waals surface area contributed by atoms with Crippen molar-refractivity contribution in [2.24, 2.45) is 0 Å². The fraction of sp³-hybridized carbons (Fsp3) is 0.222. The van der Waals surface area contributed by atoms with E-state index in [1.165, 1.54) is 24.3 Å². The van der Waals surface area contributed by atoms with Crippen LogP contribution in [0.3, 0.4) is 0 Å². The molecule has 0 fully saturated rings. The number of para-hydroxylation sites is 1. The van der Waals surface area contributed by atoms with Crippen molar-refractivity contribution in [3.05, 3.63) is 59.2 Å². The van der Waals surface area contributed by atoms with E-state index in [0.717, 1.165) is 11.1 Å². The molecule has 0 unspecified atom stereocenters. The van der Waals surface area contributed by atoms with Crippen LogP contribution >= 0.6 is 11.8 Å². The van der Waals surface area contributed by atoms with E-state index in [0.29, 0.717) is 5.75 Å². The molecule has 27 heavy (non-hydrogen) atoms. The van der Waals surface area contributed by atoms with Gasteiger partial charge in [0.15, 0.2) is 6.61 Å². The van der Waals surface area contributed by atoms with Gasteiger partial charge in [0, 0.05) is 10.5 Å². The molecule has 2 amide bonds.